The van der Waals surface area contributed by atoms with Crippen LogP contribution in [0.4, 0.5) is 10.1 Å². The van der Waals surface area contributed by atoms with Crippen LogP contribution in [0.15, 0.2) is 15.4 Å². The van der Waals surface area contributed by atoms with Crippen molar-refractivity contribution in [2.24, 2.45) is 0 Å². The summed E-state index contributed by atoms with van der Waals surface area (Å²) in [4.78, 5) is -0.690. The molecule has 0 spiro atoms. The average Bonchev–Trinajstić information content (AvgIpc) is 2.72. The molecule has 1 fully saturated rings. The molecule has 20 heavy (non-hydrogen) atoms. The van der Waals surface area contributed by atoms with Gasteiger partial charge in [-0.2, -0.15) is 4.31 Å². The van der Waals surface area contributed by atoms with Gasteiger partial charge in [-0.3, -0.25) is 0 Å². The topological polar surface area (TPSA) is 104 Å². The summed E-state index contributed by atoms with van der Waals surface area (Å²) in [5.41, 5.74) is 5.03. The summed E-state index contributed by atoms with van der Waals surface area (Å²) in [5.74, 6) is -1.13. The van der Waals surface area contributed by atoms with E-state index in [0.29, 0.717) is 0 Å². The predicted octanol–water partition coefficient (Wildman–Crippen LogP) is 0.550. The molecule has 0 radical (unpaired) electrons. The molecule has 2 rings (SSSR count). The third kappa shape index (κ3) is 2.53. The number of hydrogen-bond donors (Lipinski definition) is 3. The zero-order chi connectivity index (χ0) is 15.2. The highest BCUT2D eigenvalue weighted by molar-refractivity contribution is 9.10. The van der Waals surface area contributed by atoms with Gasteiger partial charge >= 0.3 is 0 Å². The summed E-state index contributed by atoms with van der Waals surface area (Å²) < 4.78 is 39.5. The minimum atomic E-state index is -4.24. The zero-order valence-corrected chi connectivity index (χ0v) is 13.1. The second kappa shape index (κ2) is 5.39. The van der Waals surface area contributed by atoms with Gasteiger partial charge in [0.1, 0.15) is 4.90 Å². The second-order valence-corrected chi connectivity index (χ2v) is 7.46. The molecule has 1 heterocycles. The van der Waals surface area contributed by atoms with E-state index in [1.54, 1.807) is 0 Å². The summed E-state index contributed by atoms with van der Waals surface area (Å²) in [5, 5.41) is 18.7. The maximum Gasteiger partial charge on any atom is 0.246 e. The minimum absolute atomic E-state index is 0.0530. The van der Waals surface area contributed by atoms with Crippen LogP contribution in [0.3, 0.4) is 0 Å². The number of aliphatic hydroxyl groups is 2. The molecule has 112 valence electrons. The van der Waals surface area contributed by atoms with Crippen molar-refractivity contribution in [3.8, 4) is 0 Å². The van der Waals surface area contributed by atoms with Crippen LogP contribution in [0.25, 0.3) is 0 Å². The molecular weight excluding hydrogens is 379 g/mol. The summed E-state index contributed by atoms with van der Waals surface area (Å²) in [7, 11) is -4.24. The molecule has 1 aromatic rings. The molecule has 2 atom stereocenters. The number of benzene rings is 1. The van der Waals surface area contributed by atoms with E-state index >= 15 is 0 Å². The largest absolute Gasteiger partial charge is 0.395 e. The van der Waals surface area contributed by atoms with Crippen LogP contribution >= 0.6 is 27.5 Å². The van der Waals surface area contributed by atoms with Crippen molar-refractivity contribution in [2.45, 2.75) is 17.1 Å². The molecule has 1 aromatic carbocycles. The Morgan fingerprint density at radius 1 is 1.40 bits per heavy atom. The molecule has 0 bridgehead atoms. The van der Waals surface area contributed by atoms with Crippen molar-refractivity contribution >= 4 is 43.2 Å². The second-order valence-electron chi connectivity index (χ2n) is 4.35. The quantitative estimate of drug-likeness (QED) is 0.506. The predicted molar refractivity (Wildman–Crippen MR) is 74.3 cm³/mol. The Hall–Kier alpha value is -0.450. The first-order chi connectivity index (χ1) is 9.16. The third-order valence-electron chi connectivity index (χ3n) is 3.00. The highest BCUT2D eigenvalue weighted by atomic mass is 79.9. The average molecular weight is 390 g/mol. The fourth-order valence-corrected chi connectivity index (χ4v) is 4.00. The summed E-state index contributed by atoms with van der Waals surface area (Å²) in [6, 6.07) is 0.934. The van der Waals surface area contributed by atoms with Crippen molar-refractivity contribution in [2.75, 3.05) is 18.8 Å². The molecule has 6 nitrogen and oxygen atoms in total. The standard InChI is InChI=1S/C10H11BrClFN2O4S/c11-8-4(12)1-7(9(13)10(8)14)20(18,19)15-2-5(16)6(17)3-15/h1,5-6,16-17H,2-3,14H2. The molecule has 1 aliphatic heterocycles. The van der Waals surface area contributed by atoms with Gasteiger partial charge in [0.25, 0.3) is 0 Å². The van der Waals surface area contributed by atoms with Gasteiger partial charge in [0.05, 0.1) is 27.4 Å². The fourth-order valence-electron chi connectivity index (χ4n) is 1.86. The van der Waals surface area contributed by atoms with Gasteiger partial charge in [0.2, 0.25) is 10.0 Å². The Balaban J connectivity index is 2.51. The Morgan fingerprint density at radius 2 is 1.90 bits per heavy atom. The van der Waals surface area contributed by atoms with Gasteiger partial charge in [-0.25, -0.2) is 12.8 Å². The summed E-state index contributed by atoms with van der Waals surface area (Å²) >= 11 is 8.73. The monoisotopic (exact) mass is 388 g/mol. The summed E-state index contributed by atoms with van der Waals surface area (Å²) in [6.45, 7) is -0.646. The normalized spacial score (nSPS) is 24.2. The minimum Gasteiger partial charge on any atom is -0.395 e. The molecule has 1 saturated heterocycles. The lowest BCUT2D eigenvalue weighted by atomic mass is 10.3. The number of aliphatic hydroxyl groups excluding tert-OH is 2. The van der Waals surface area contributed by atoms with Gasteiger partial charge in [-0.1, -0.05) is 11.6 Å². The Kier molecular flexibility index (Phi) is 4.30. The van der Waals surface area contributed by atoms with Crippen LogP contribution in [0.2, 0.25) is 5.02 Å². The lowest BCUT2D eigenvalue weighted by Gasteiger charge is -2.17. The molecule has 0 aliphatic carbocycles. The van der Waals surface area contributed by atoms with E-state index in [4.69, 9.17) is 17.3 Å². The Labute approximate surface area is 128 Å². The van der Waals surface area contributed by atoms with Crippen LogP contribution in [0.5, 0.6) is 0 Å². The van der Waals surface area contributed by atoms with Crippen molar-refractivity contribution < 1.29 is 23.0 Å². The fraction of sp³-hybridized carbons (Fsp3) is 0.400. The number of halogens is 3. The van der Waals surface area contributed by atoms with Gasteiger partial charge in [0.15, 0.2) is 5.82 Å². The number of nitrogens with two attached hydrogens (primary N) is 1. The first-order valence-corrected chi connectivity index (χ1v) is 8.06. The van der Waals surface area contributed by atoms with Crippen LogP contribution in [0.1, 0.15) is 0 Å². The van der Waals surface area contributed by atoms with E-state index < -0.39 is 38.6 Å². The zero-order valence-electron chi connectivity index (χ0n) is 9.92. The number of nitrogen functional groups attached to an aromatic ring is 1. The van der Waals surface area contributed by atoms with E-state index in [9.17, 15) is 23.0 Å². The first-order valence-electron chi connectivity index (χ1n) is 5.45. The third-order valence-corrected chi connectivity index (χ3v) is 6.21. The number of hydrogen-bond acceptors (Lipinski definition) is 5. The number of anilines is 1. The van der Waals surface area contributed by atoms with Crippen LogP contribution in [-0.4, -0.2) is 48.2 Å². The maximum absolute atomic E-state index is 14.0. The van der Waals surface area contributed by atoms with Crippen molar-refractivity contribution in [1.82, 2.24) is 4.31 Å². The maximum atomic E-state index is 14.0. The van der Waals surface area contributed by atoms with Gasteiger partial charge < -0.3 is 15.9 Å². The number of rotatable bonds is 2. The number of β-amino-alcohol motifs (C(OH)–C–C–N with tert-alkyl or cyclic N) is 2. The van der Waals surface area contributed by atoms with E-state index in [-0.39, 0.29) is 22.6 Å². The van der Waals surface area contributed by atoms with Crippen molar-refractivity contribution in [3.05, 3.63) is 21.4 Å². The van der Waals surface area contributed by atoms with Gasteiger partial charge in [-0.15, -0.1) is 0 Å². The van der Waals surface area contributed by atoms with Crippen molar-refractivity contribution in [1.29, 1.82) is 0 Å². The summed E-state index contributed by atoms with van der Waals surface area (Å²) in [6.07, 6.45) is -2.42. The van der Waals surface area contributed by atoms with E-state index in [2.05, 4.69) is 15.9 Å². The molecular formula is C10H11BrClFN2O4S. The molecule has 0 amide bonds. The smallest absolute Gasteiger partial charge is 0.246 e. The van der Waals surface area contributed by atoms with Crippen molar-refractivity contribution in [3.63, 3.8) is 0 Å². The molecule has 0 aromatic heterocycles. The lowest BCUT2D eigenvalue weighted by molar-refractivity contribution is 0.0572. The Bertz CT molecular complexity index is 647. The first kappa shape index (κ1) is 15.9. The number of nitrogens with zero attached hydrogens (tertiary/aromatic N) is 1. The highest BCUT2D eigenvalue weighted by Gasteiger charge is 2.39. The molecule has 10 heteroatoms. The molecule has 0 saturated carbocycles. The highest BCUT2D eigenvalue weighted by Crippen LogP contribution is 2.36. The lowest BCUT2D eigenvalue weighted by Crippen LogP contribution is -2.30. The van der Waals surface area contributed by atoms with E-state index in [1.807, 2.05) is 0 Å². The Morgan fingerprint density at radius 3 is 2.40 bits per heavy atom. The van der Waals surface area contributed by atoms with Crippen LogP contribution in [-0.2, 0) is 10.0 Å². The molecule has 4 N–H and O–H groups in total. The van der Waals surface area contributed by atoms with E-state index in [0.717, 1.165) is 10.4 Å². The van der Waals surface area contributed by atoms with Crippen LogP contribution < -0.4 is 5.73 Å². The van der Waals surface area contributed by atoms with Gasteiger partial charge in [0, 0.05) is 13.1 Å². The molecule has 2 unspecified atom stereocenters. The van der Waals surface area contributed by atoms with Gasteiger partial charge in [-0.05, 0) is 22.0 Å². The van der Waals surface area contributed by atoms with E-state index in [1.165, 1.54) is 0 Å². The van der Waals surface area contributed by atoms with Crippen LogP contribution in [0, 0.1) is 5.82 Å². The molecule has 1 aliphatic rings. The number of sulfonamides is 1. The SMILES string of the molecule is Nc1c(F)c(S(=O)(=O)N2CC(O)C(O)C2)cc(Cl)c1Br.